The molecule has 1 aromatic rings. The van der Waals surface area contributed by atoms with E-state index in [1.165, 1.54) is 0 Å². The maximum absolute atomic E-state index is 11.9. The molecule has 0 aromatic heterocycles. The molecule has 0 saturated carbocycles. The second-order valence-corrected chi connectivity index (χ2v) is 5.79. The number of allylic oxidation sites excluding steroid dienone is 4. The van der Waals surface area contributed by atoms with E-state index >= 15 is 0 Å². The van der Waals surface area contributed by atoms with Gasteiger partial charge in [0.25, 0.3) is 0 Å². The molecule has 1 atom stereocenters. The zero-order chi connectivity index (χ0) is 17.6. The summed E-state index contributed by atoms with van der Waals surface area (Å²) >= 11 is 0. The SMILES string of the molecule is O=C(O)C1=[C]CC(=O)C(O)=C1C1=c2ccccc2=C2C=CC=CC2O1. The molecule has 5 nitrogen and oxygen atoms in total. The molecule has 3 aliphatic rings. The van der Waals surface area contributed by atoms with Gasteiger partial charge in [0.15, 0.2) is 5.76 Å². The summed E-state index contributed by atoms with van der Waals surface area (Å²) < 4.78 is 6.00. The van der Waals surface area contributed by atoms with Crippen LogP contribution in [0.4, 0.5) is 0 Å². The fourth-order valence-electron chi connectivity index (χ4n) is 3.19. The van der Waals surface area contributed by atoms with Gasteiger partial charge in [0.1, 0.15) is 11.9 Å². The van der Waals surface area contributed by atoms with E-state index in [-0.39, 0.29) is 23.3 Å². The Bertz CT molecular complexity index is 1050. The first-order valence-electron chi connectivity index (χ1n) is 7.74. The van der Waals surface area contributed by atoms with Crippen LogP contribution >= 0.6 is 0 Å². The van der Waals surface area contributed by atoms with Gasteiger partial charge in [0, 0.05) is 17.2 Å². The summed E-state index contributed by atoms with van der Waals surface area (Å²) in [5.41, 5.74) is 0.577. The quantitative estimate of drug-likeness (QED) is 0.846. The molecule has 0 saturated heterocycles. The van der Waals surface area contributed by atoms with Gasteiger partial charge in [0.2, 0.25) is 5.78 Å². The standard InChI is InChI=1S/C20H13O5/c21-15-10-9-14(20(23)24)17(18(15)22)19-13-7-2-1-5-11(13)12-6-3-4-8-16(12)25-19/h1-8,16,22H,10H2,(H,23,24). The Labute approximate surface area is 142 Å². The van der Waals surface area contributed by atoms with E-state index in [4.69, 9.17) is 4.74 Å². The molecular formula is C20H13O5. The summed E-state index contributed by atoms with van der Waals surface area (Å²) in [6.45, 7) is 0. The number of rotatable bonds is 2. The van der Waals surface area contributed by atoms with Gasteiger partial charge < -0.3 is 14.9 Å². The van der Waals surface area contributed by atoms with Gasteiger partial charge in [0.05, 0.1) is 11.1 Å². The first-order chi connectivity index (χ1) is 12.1. The van der Waals surface area contributed by atoms with Gasteiger partial charge in [-0.1, -0.05) is 42.5 Å². The van der Waals surface area contributed by atoms with Crippen molar-refractivity contribution < 1.29 is 24.5 Å². The zero-order valence-electron chi connectivity index (χ0n) is 13.0. The van der Waals surface area contributed by atoms with Crippen molar-refractivity contribution in [2.45, 2.75) is 12.5 Å². The third-order valence-electron chi connectivity index (χ3n) is 4.32. The molecule has 1 unspecified atom stereocenters. The van der Waals surface area contributed by atoms with Crippen LogP contribution in [0.2, 0.25) is 0 Å². The maximum atomic E-state index is 11.9. The average molecular weight is 333 g/mol. The summed E-state index contributed by atoms with van der Waals surface area (Å²) in [4.78, 5) is 23.5. The number of aliphatic carboxylic acids is 1. The molecule has 25 heavy (non-hydrogen) atoms. The number of hydrogen-bond donors (Lipinski definition) is 2. The molecular weight excluding hydrogens is 320 g/mol. The number of carboxylic acids is 1. The minimum absolute atomic E-state index is 0.113. The van der Waals surface area contributed by atoms with E-state index in [0.29, 0.717) is 5.22 Å². The molecule has 2 aliphatic carbocycles. The number of aliphatic hydroxyl groups excluding tert-OH is 1. The third kappa shape index (κ3) is 2.32. The van der Waals surface area contributed by atoms with Crippen LogP contribution in [0.15, 0.2) is 65.5 Å². The second-order valence-electron chi connectivity index (χ2n) is 5.79. The third-order valence-corrected chi connectivity index (χ3v) is 4.32. The van der Waals surface area contributed by atoms with Crippen molar-refractivity contribution >= 4 is 23.1 Å². The number of ketones is 1. The number of carbonyl (C=O) groups is 2. The Kier molecular flexibility index (Phi) is 3.42. The van der Waals surface area contributed by atoms with Gasteiger partial charge in [-0.2, -0.15) is 0 Å². The number of ether oxygens (including phenoxy) is 1. The molecule has 4 rings (SSSR count). The van der Waals surface area contributed by atoms with E-state index in [2.05, 4.69) is 6.08 Å². The van der Waals surface area contributed by atoms with Crippen molar-refractivity contribution in [3.63, 3.8) is 0 Å². The Morgan fingerprint density at radius 2 is 1.96 bits per heavy atom. The molecule has 1 aliphatic heterocycles. The second kappa shape index (κ2) is 5.63. The van der Waals surface area contributed by atoms with Crippen LogP contribution < -0.4 is 10.4 Å². The molecule has 2 N–H and O–H groups in total. The van der Waals surface area contributed by atoms with Crippen molar-refractivity contribution in [1.82, 2.24) is 0 Å². The maximum Gasteiger partial charge on any atom is 0.336 e. The lowest BCUT2D eigenvalue weighted by Gasteiger charge is -2.27. The van der Waals surface area contributed by atoms with E-state index in [0.717, 1.165) is 10.8 Å². The van der Waals surface area contributed by atoms with Crippen LogP contribution in [-0.4, -0.2) is 28.1 Å². The van der Waals surface area contributed by atoms with Crippen LogP contribution in [-0.2, 0) is 14.3 Å². The normalized spacial score (nSPS) is 21.5. The number of aliphatic hydroxyl groups is 1. The summed E-state index contributed by atoms with van der Waals surface area (Å²) in [6, 6.07) is 7.35. The Morgan fingerprint density at radius 1 is 1.20 bits per heavy atom. The molecule has 1 radical (unpaired) electrons. The van der Waals surface area contributed by atoms with Gasteiger partial charge in [-0.3, -0.25) is 4.79 Å². The van der Waals surface area contributed by atoms with Gasteiger partial charge in [-0.15, -0.1) is 0 Å². The molecule has 1 heterocycles. The van der Waals surface area contributed by atoms with E-state index in [1.807, 2.05) is 36.4 Å². The summed E-state index contributed by atoms with van der Waals surface area (Å²) in [6.07, 6.45) is 9.37. The van der Waals surface area contributed by atoms with Gasteiger partial charge in [-0.25, -0.2) is 4.79 Å². The summed E-state index contributed by atoms with van der Waals surface area (Å²) in [7, 11) is 0. The van der Waals surface area contributed by atoms with Gasteiger partial charge in [-0.05, 0) is 17.4 Å². The van der Waals surface area contributed by atoms with Crippen LogP contribution in [0.5, 0.6) is 0 Å². The average Bonchev–Trinajstić information content (AvgIpc) is 2.63. The summed E-state index contributed by atoms with van der Waals surface area (Å²) in [5.74, 6) is -2.27. The smallest absolute Gasteiger partial charge is 0.336 e. The molecule has 123 valence electrons. The monoisotopic (exact) mass is 333 g/mol. The lowest BCUT2D eigenvalue weighted by atomic mass is 9.90. The van der Waals surface area contributed by atoms with Crippen molar-refractivity contribution in [3.05, 3.63) is 82.0 Å². The lowest BCUT2D eigenvalue weighted by Crippen LogP contribution is -2.39. The molecule has 0 fully saturated rings. The highest BCUT2D eigenvalue weighted by Crippen LogP contribution is 2.32. The predicted octanol–water partition coefficient (Wildman–Crippen LogP) is 1.07. The van der Waals surface area contributed by atoms with Crippen molar-refractivity contribution in [2.24, 2.45) is 0 Å². The number of fused-ring (bicyclic) bond motifs is 2. The Hall–Kier alpha value is -3.34. The van der Waals surface area contributed by atoms with Crippen molar-refractivity contribution in [1.29, 1.82) is 0 Å². The fourth-order valence-corrected chi connectivity index (χ4v) is 3.19. The largest absolute Gasteiger partial charge is 0.504 e. The van der Waals surface area contributed by atoms with Crippen LogP contribution in [0.3, 0.4) is 0 Å². The number of Topliss-reactive ketones (excluding diaryl/α,β-unsaturated/α-hetero) is 1. The van der Waals surface area contributed by atoms with E-state index in [9.17, 15) is 19.8 Å². The number of hydrogen-bond acceptors (Lipinski definition) is 4. The number of carboxylic acid groups (broad SMARTS) is 1. The first-order valence-corrected chi connectivity index (χ1v) is 7.74. The Balaban J connectivity index is 2.09. The van der Waals surface area contributed by atoms with E-state index in [1.54, 1.807) is 12.1 Å². The van der Waals surface area contributed by atoms with Crippen LogP contribution in [0.25, 0.3) is 11.3 Å². The topological polar surface area (TPSA) is 83.8 Å². The van der Waals surface area contributed by atoms with Crippen LogP contribution in [0.1, 0.15) is 6.42 Å². The minimum Gasteiger partial charge on any atom is -0.504 e. The van der Waals surface area contributed by atoms with Crippen LogP contribution in [0, 0.1) is 6.08 Å². The fraction of sp³-hybridized carbons (Fsp3) is 0.100. The zero-order valence-corrected chi connectivity index (χ0v) is 13.0. The van der Waals surface area contributed by atoms with E-state index < -0.39 is 23.6 Å². The molecule has 0 amide bonds. The number of carbonyl (C=O) groups excluding carboxylic acids is 1. The predicted molar refractivity (Wildman–Crippen MR) is 89.3 cm³/mol. The lowest BCUT2D eigenvalue weighted by molar-refractivity contribution is -0.132. The van der Waals surface area contributed by atoms with Crippen molar-refractivity contribution in [2.75, 3.05) is 0 Å². The van der Waals surface area contributed by atoms with Crippen molar-refractivity contribution in [3.8, 4) is 0 Å². The molecule has 1 aromatic carbocycles. The van der Waals surface area contributed by atoms with Gasteiger partial charge >= 0.3 is 5.97 Å². The molecule has 5 heteroatoms. The summed E-state index contributed by atoms with van der Waals surface area (Å²) in [5, 5.41) is 21.3. The molecule has 0 spiro atoms. The highest BCUT2D eigenvalue weighted by atomic mass is 16.5. The highest BCUT2D eigenvalue weighted by molar-refractivity contribution is 6.07. The Morgan fingerprint density at radius 3 is 2.72 bits per heavy atom. The number of benzene rings is 1. The highest BCUT2D eigenvalue weighted by Gasteiger charge is 2.33. The minimum atomic E-state index is -1.27. The molecule has 0 bridgehead atoms. The first kappa shape index (κ1) is 15.2.